The van der Waals surface area contributed by atoms with Crippen LogP contribution >= 0.6 is 0 Å². The van der Waals surface area contributed by atoms with Crippen LogP contribution in [0.4, 0.5) is 0 Å². The summed E-state index contributed by atoms with van der Waals surface area (Å²) in [6.07, 6.45) is 5.68. The van der Waals surface area contributed by atoms with E-state index >= 15 is 0 Å². The van der Waals surface area contributed by atoms with Gasteiger partial charge >= 0.3 is 0 Å². The van der Waals surface area contributed by atoms with Crippen LogP contribution in [-0.4, -0.2) is 43.2 Å². The average molecular weight is 345 g/mol. The maximum absolute atomic E-state index is 12.4. The van der Waals surface area contributed by atoms with Crippen LogP contribution in [0.25, 0.3) is 0 Å². The molecule has 5 heteroatoms. The highest BCUT2D eigenvalue weighted by Gasteiger charge is 2.26. The third kappa shape index (κ3) is 5.27. The predicted molar refractivity (Wildman–Crippen MR) is 98.9 cm³/mol. The number of nitrogens with two attached hydrogens (primary N) is 1. The lowest BCUT2D eigenvalue weighted by Crippen LogP contribution is -2.46. The third-order valence-electron chi connectivity index (χ3n) is 5.49. The first kappa shape index (κ1) is 18.4. The molecule has 3 rings (SSSR count). The van der Waals surface area contributed by atoms with Gasteiger partial charge in [0.1, 0.15) is 0 Å². The molecular formula is C20H31N3O2. The number of carbonyl (C=O) groups is 1. The van der Waals surface area contributed by atoms with Crippen molar-refractivity contribution >= 4 is 5.91 Å². The molecule has 1 amide bonds. The van der Waals surface area contributed by atoms with Gasteiger partial charge in [0, 0.05) is 26.3 Å². The average Bonchev–Trinajstić information content (AvgIpc) is 2.68. The van der Waals surface area contributed by atoms with Crippen LogP contribution < -0.4 is 11.1 Å². The molecule has 0 bridgehead atoms. The number of rotatable bonds is 6. The summed E-state index contributed by atoms with van der Waals surface area (Å²) in [6, 6.07) is 7.98. The highest BCUT2D eigenvalue weighted by molar-refractivity contribution is 5.81. The van der Waals surface area contributed by atoms with E-state index < -0.39 is 6.04 Å². The van der Waals surface area contributed by atoms with Crippen LogP contribution in [0, 0.1) is 5.92 Å². The minimum absolute atomic E-state index is 0.0420. The Kier molecular flexibility index (Phi) is 6.84. The van der Waals surface area contributed by atoms with Gasteiger partial charge in [0.2, 0.25) is 5.91 Å². The van der Waals surface area contributed by atoms with Gasteiger partial charge in [0.05, 0.1) is 6.04 Å². The van der Waals surface area contributed by atoms with Crippen molar-refractivity contribution in [2.24, 2.45) is 11.7 Å². The Balaban J connectivity index is 1.54. The number of piperidine rings is 1. The number of nitrogens with zero attached hydrogens (tertiary/aromatic N) is 1. The maximum Gasteiger partial charge on any atom is 0.237 e. The number of ether oxygens (including phenoxy) is 1. The van der Waals surface area contributed by atoms with E-state index in [4.69, 9.17) is 10.5 Å². The van der Waals surface area contributed by atoms with Crippen LogP contribution in [0.5, 0.6) is 0 Å². The molecular weight excluding hydrogens is 314 g/mol. The lowest BCUT2D eigenvalue weighted by Gasteiger charge is -2.28. The summed E-state index contributed by atoms with van der Waals surface area (Å²) in [5, 5.41) is 3.05. The van der Waals surface area contributed by atoms with Gasteiger partial charge in [-0.15, -0.1) is 0 Å². The summed E-state index contributed by atoms with van der Waals surface area (Å²) >= 11 is 0. The van der Waals surface area contributed by atoms with E-state index in [1.807, 2.05) is 6.07 Å². The molecule has 25 heavy (non-hydrogen) atoms. The normalized spacial score (nSPS) is 21.0. The Morgan fingerprint density at radius 2 is 1.84 bits per heavy atom. The Hall–Kier alpha value is -1.43. The monoisotopic (exact) mass is 345 g/mol. The third-order valence-corrected chi connectivity index (χ3v) is 5.49. The Morgan fingerprint density at radius 1 is 1.16 bits per heavy atom. The highest BCUT2D eigenvalue weighted by atomic mass is 16.5. The fourth-order valence-corrected chi connectivity index (χ4v) is 3.83. The zero-order chi connectivity index (χ0) is 17.5. The fourth-order valence-electron chi connectivity index (χ4n) is 3.83. The molecule has 1 unspecified atom stereocenters. The summed E-state index contributed by atoms with van der Waals surface area (Å²) in [6.45, 7) is 5.30. The Morgan fingerprint density at radius 3 is 2.56 bits per heavy atom. The van der Waals surface area contributed by atoms with Crippen LogP contribution in [0.1, 0.15) is 43.2 Å². The van der Waals surface area contributed by atoms with Gasteiger partial charge in [-0.1, -0.05) is 30.7 Å². The molecule has 2 saturated heterocycles. The van der Waals surface area contributed by atoms with E-state index in [0.717, 1.165) is 19.4 Å². The van der Waals surface area contributed by atoms with Crippen molar-refractivity contribution in [2.45, 2.75) is 51.2 Å². The van der Waals surface area contributed by atoms with Crippen molar-refractivity contribution in [3.63, 3.8) is 0 Å². The molecule has 3 N–H and O–H groups in total. The van der Waals surface area contributed by atoms with Gasteiger partial charge in [-0.05, 0) is 55.8 Å². The largest absolute Gasteiger partial charge is 0.381 e. The summed E-state index contributed by atoms with van der Waals surface area (Å²) < 4.78 is 5.35. The van der Waals surface area contributed by atoms with Crippen LogP contribution in [-0.2, 0) is 22.6 Å². The standard InChI is InChI=1S/C20H31N3O2/c21-19(16-8-12-25-13-9-16)20(24)22-14-17-6-2-3-7-18(17)15-23-10-4-1-5-11-23/h2-3,6-7,16,19H,1,4-5,8-15,21H2,(H,22,24). The quantitative estimate of drug-likeness (QED) is 0.828. The van der Waals surface area contributed by atoms with E-state index in [1.54, 1.807) is 0 Å². The second-order valence-electron chi connectivity index (χ2n) is 7.30. The van der Waals surface area contributed by atoms with Gasteiger partial charge in [-0.3, -0.25) is 9.69 Å². The molecule has 0 spiro atoms. The summed E-state index contributed by atoms with van der Waals surface area (Å²) in [5.41, 5.74) is 8.67. The van der Waals surface area contributed by atoms with Crippen LogP contribution in [0.3, 0.4) is 0 Å². The molecule has 0 aromatic heterocycles. The molecule has 2 heterocycles. The van der Waals surface area contributed by atoms with Gasteiger partial charge in [-0.2, -0.15) is 0 Å². The van der Waals surface area contributed by atoms with Crippen molar-refractivity contribution in [3.8, 4) is 0 Å². The molecule has 0 aliphatic carbocycles. The van der Waals surface area contributed by atoms with Crippen molar-refractivity contribution in [3.05, 3.63) is 35.4 Å². The SMILES string of the molecule is NC(C(=O)NCc1ccccc1CN1CCCCC1)C1CCOCC1. The molecule has 2 aliphatic rings. The maximum atomic E-state index is 12.4. The first-order chi connectivity index (χ1) is 12.2. The molecule has 0 saturated carbocycles. The fraction of sp³-hybridized carbons (Fsp3) is 0.650. The minimum atomic E-state index is -0.432. The van der Waals surface area contributed by atoms with Gasteiger partial charge < -0.3 is 15.8 Å². The number of hydrogen-bond acceptors (Lipinski definition) is 4. The summed E-state index contributed by atoms with van der Waals surface area (Å²) in [5.74, 6) is 0.192. The molecule has 1 aromatic rings. The number of nitrogens with one attached hydrogen (secondary N) is 1. The molecule has 0 radical (unpaired) electrons. The first-order valence-corrected chi connectivity index (χ1v) is 9.64. The molecule has 1 aromatic carbocycles. The lowest BCUT2D eigenvalue weighted by atomic mass is 9.92. The Labute approximate surface area is 150 Å². The van der Waals surface area contributed by atoms with E-state index in [0.29, 0.717) is 19.8 Å². The highest BCUT2D eigenvalue weighted by Crippen LogP contribution is 2.19. The molecule has 2 fully saturated rings. The van der Waals surface area contributed by atoms with Crippen molar-refractivity contribution in [2.75, 3.05) is 26.3 Å². The van der Waals surface area contributed by atoms with Gasteiger partial charge in [0.15, 0.2) is 0 Å². The van der Waals surface area contributed by atoms with Gasteiger partial charge in [-0.25, -0.2) is 0 Å². The second-order valence-corrected chi connectivity index (χ2v) is 7.30. The number of hydrogen-bond donors (Lipinski definition) is 2. The minimum Gasteiger partial charge on any atom is -0.381 e. The topological polar surface area (TPSA) is 67.6 Å². The van der Waals surface area contributed by atoms with Gasteiger partial charge in [0.25, 0.3) is 0 Å². The number of benzene rings is 1. The molecule has 2 aliphatic heterocycles. The molecule has 138 valence electrons. The number of carbonyl (C=O) groups excluding carboxylic acids is 1. The van der Waals surface area contributed by atoms with Crippen molar-refractivity contribution < 1.29 is 9.53 Å². The summed E-state index contributed by atoms with van der Waals surface area (Å²) in [4.78, 5) is 14.9. The van der Waals surface area contributed by atoms with Crippen molar-refractivity contribution in [1.29, 1.82) is 0 Å². The van der Waals surface area contributed by atoms with E-state index in [-0.39, 0.29) is 11.8 Å². The molecule has 1 atom stereocenters. The second kappa shape index (κ2) is 9.32. The number of amides is 1. The lowest BCUT2D eigenvalue weighted by molar-refractivity contribution is -0.124. The number of likely N-dealkylation sites (tertiary alicyclic amines) is 1. The van der Waals surface area contributed by atoms with Crippen molar-refractivity contribution in [1.82, 2.24) is 10.2 Å². The van der Waals surface area contributed by atoms with E-state index in [2.05, 4.69) is 28.4 Å². The Bertz CT molecular complexity index is 552. The zero-order valence-electron chi connectivity index (χ0n) is 15.1. The predicted octanol–water partition coefficient (Wildman–Crippen LogP) is 2.04. The molecule has 5 nitrogen and oxygen atoms in total. The zero-order valence-corrected chi connectivity index (χ0v) is 15.1. The summed E-state index contributed by atoms with van der Waals surface area (Å²) in [7, 11) is 0. The van der Waals surface area contributed by atoms with E-state index in [9.17, 15) is 4.79 Å². The smallest absolute Gasteiger partial charge is 0.237 e. The first-order valence-electron chi connectivity index (χ1n) is 9.64. The van der Waals surface area contributed by atoms with Crippen LogP contribution in [0.2, 0.25) is 0 Å². The van der Waals surface area contributed by atoms with E-state index in [1.165, 1.54) is 43.5 Å². The van der Waals surface area contributed by atoms with Crippen LogP contribution in [0.15, 0.2) is 24.3 Å².